The maximum Gasteiger partial charge on any atom is 0.344 e. The predicted molar refractivity (Wildman–Crippen MR) is 106 cm³/mol. The Morgan fingerprint density at radius 3 is 2.83 bits per heavy atom. The SMILES string of the molecule is CC(OC(=O)COc1ccc2c(c1)CCC(=O)N2)C(=O)Nc1sccc1C(N)=O. The van der Waals surface area contributed by atoms with E-state index >= 15 is 0 Å². The second-order valence-corrected chi connectivity index (χ2v) is 7.22. The summed E-state index contributed by atoms with van der Waals surface area (Å²) in [4.78, 5) is 46.8. The number of carbonyl (C=O) groups is 4. The minimum absolute atomic E-state index is 0.0347. The lowest BCUT2D eigenvalue weighted by molar-refractivity contribution is -0.155. The van der Waals surface area contributed by atoms with Gasteiger partial charge in [-0.05, 0) is 48.6 Å². The molecule has 3 rings (SSSR count). The quantitative estimate of drug-likeness (QED) is 0.586. The third-order valence-corrected chi connectivity index (χ3v) is 5.00. The Bertz CT molecular complexity index is 971. The first-order chi connectivity index (χ1) is 13.8. The van der Waals surface area contributed by atoms with Gasteiger partial charge in [-0.3, -0.25) is 14.4 Å². The number of hydrogen-bond acceptors (Lipinski definition) is 7. The number of aryl methyl sites for hydroxylation is 1. The van der Waals surface area contributed by atoms with E-state index in [4.69, 9.17) is 15.2 Å². The molecular weight excluding hydrogens is 398 g/mol. The predicted octanol–water partition coefficient (Wildman–Crippen LogP) is 1.68. The highest BCUT2D eigenvalue weighted by Crippen LogP contribution is 2.27. The minimum atomic E-state index is -1.09. The Morgan fingerprint density at radius 1 is 1.28 bits per heavy atom. The van der Waals surface area contributed by atoms with E-state index in [1.807, 2.05) is 0 Å². The summed E-state index contributed by atoms with van der Waals surface area (Å²) >= 11 is 1.14. The number of benzene rings is 1. The number of anilines is 2. The molecule has 0 spiro atoms. The topological polar surface area (TPSA) is 137 Å². The Balaban J connectivity index is 1.50. The van der Waals surface area contributed by atoms with Gasteiger partial charge in [0, 0.05) is 12.1 Å². The average molecular weight is 417 g/mol. The number of carbonyl (C=O) groups excluding carboxylic acids is 4. The van der Waals surface area contributed by atoms with Gasteiger partial charge < -0.3 is 25.8 Å². The number of hydrogen-bond donors (Lipinski definition) is 3. The van der Waals surface area contributed by atoms with Crippen LogP contribution in [0.3, 0.4) is 0 Å². The number of amides is 3. The van der Waals surface area contributed by atoms with E-state index in [0.29, 0.717) is 23.6 Å². The molecule has 1 aliphatic rings. The van der Waals surface area contributed by atoms with Crippen molar-refractivity contribution < 1.29 is 28.7 Å². The van der Waals surface area contributed by atoms with E-state index in [-0.39, 0.29) is 18.1 Å². The Hall–Kier alpha value is -3.40. The van der Waals surface area contributed by atoms with E-state index < -0.39 is 23.9 Å². The van der Waals surface area contributed by atoms with Gasteiger partial charge in [-0.2, -0.15) is 0 Å². The Labute approximate surface area is 170 Å². The average Bonchev–Trinajstić information content (AvgIpc) is 3.14. The lowest BCUT2D eigenvalue weighted by Gasteiger charge is -2.18. The molecule has 9 nitrogen and oxygen atoms in total. The van der Waals surface area contributed by atoms with Crippen LogP contribution in [0.5, 0.6) is 5.75 Å². The van der Waals surface area contributed by atoms with Gasteiger partial charge in [-0.1, -0.05) is 0 Å². The molecule has 0 aliphatic carbocycles. The van der Waals surface area contributed by atoms with Crippen LogP contribution in [0.15, 0.2) is 29.6 Å². The van der Waals surface area contributed by atoms with Crippen LogP contribution in [0.1, 0.15) is 29.3 Å². The van der Waals surface area contributed by atoms with Gasteiger partial charge in [0.25, 0.3) is 11.8 Å². The summed E-state index contributed by atoms with van der Waals surface area (Å²) < 4.78 is 10.5. The third-order valence-electron chi connectivity index (χ3n) is 4.17. The molecule has 0 bridgehead atoms. The molecule has 0 radical (unpaired) electrons. The van der Waals surface area contributed by atoms with Gasteiger partial charge in [0.2, 0.25) is 5.91 Å². The van der Waals surface area contributed by atoms with E-state index in [9.17, 15) is 19.2 Å². The monoisotopic (exact) mass is 417 g/mol. The van der Waals surface area contributed by atoms with Crippen molar-refractivity contribution in [2.75, 3.05) is 17.2 Å². The molecule has 1 aromatic carbocycles. The fraction of sp³-hybridized carbons (Fsp3) is 0.263. The van der Waals surface area contributed by atoms with Crippen LogP contribution in [0, 0.1) is 0 Å². The number of ether oxygens (including phenoxy) is 2. The maximum absolute atomic E-state index is 12.2. The summed E-state index contributed by atoms with van der Waals surface area (Å²) in [5, 5.41) is 7.19. The van der Waals surface area contributed by atoms with Gasteiger partial charge in [0.1, 0.15) is 10.8 Å². The molecule has 152 valence electrons. The second kappa shape index (κ2) is 8.74. The molecule has 0 saturated carbocycles. The highest BCUT2D eigenvalue weighted by Gasteiger charge is 2.21. The first-order valence-corrected chi connectivity index (χ1v) is 9.64. The van der Waals surface area contributed by atoms with Crippen LogP contribution < -0.4 is 21.1 Å². The van der Waals surface area contributed by atoms with Crippen LogP contribution in [0.25, 0.3) is 0 Å². The zero-order valence-electron chi connectivity index (χ0n) is 15.5. The normalized spacial score (nSPS) is 13.6. The molecule has 29 heavy (non-hydrogen) atoms. The van der Waals surface area contributed by atoms with Crippen molar-refractivity contribution in [3.63, 3.8) is 0 Å². The van der Waals surface area contributed by atoms with Crippen molar-refractivity contribution in [2.24, 2.45) is 5.73 Å². The Morgan fingerprint density at radius 2 is 2.07 bits per heavy atom. The summed E-state index contributed by atoms with van der Waals surface area (Å²) in [7, 11) is 0. The van der Waals surface area contributed by atoms with Gasteiger partial charge in [-0.25, -0.2) is 4.79 Å². The molecule has 0 saturated heterocycles. The minimum Gasteiger partial charge on any atom is -0.482 e. The Kier molecular flexibility index (Phi) is 6.13. The van der Waals surface area contributed by atoms with Crippen molar-refractivity contribution in [2.45, 2.75) is 25.9 Å². The largest absolute Gasteiger partial charge is 0.482 e. The molecule has 1 atom stereocenters. The van der Waals surface area contributed by atoms with Gasteiger partial charge >= 0.3 is 5.97 Å². The molecular formula is C19H19N3O6S. The van der Waals surface area contributed by atoms with E-state index in [1.165, 1.54) is 13.0 Å². The molecule has 1 aliphatic heterocycles. The van der Waals surface area contributed by atoms with E-state index in [1.54, 1.807) is 23.6 Å². The van der Waals surface area contributed by atoms with Crippen molar-refractivity contribution in [3.8, 4) is 5.75 Å². The van der Waals surface area contributed by atoms with Crippen LogP contribution in [-0.2, 0) is 25.5 Å². The fourth-order valence-electron chi connectivity index (χ4n) is 2.69. The lowest BCUT2D eigenvalue weighted by Crippen LogP contribution is -2.32. The van der Waals surface area contributed by atoms with Crippen LogP contribution in [0.4, 0.5) is 10.7 Å². The van der Waals surface area contributed by atoms with E-state index in [2.05, 4.69) is 10.6 Å². The second-order valence-electron chi connectivity index (χ2n) is 6.30. The highest BCUT2D eigenvalue weighted by atomic mass is 32.1. The number of nitrogens with two attached hydrogens (primary N) is 1. The number of fused-ring (bicyclic) bond motifs is 1. The summed E-state index contributed by atoms with van der Waals surface area (Å²) in [6, 6.07) is 6.59. The first kappa shape index (κ1) is 20.3. The van der Waals surface area contributed by atoms with Crippen molar-refractivity contribution in [1.82, 2.24) is 0 Å². The van der Waals surface area contributed by atoms with Gasteiger partial charge in [-0.15, -0.1) is 11.3 Å². The first-order valence-electron chi connectivity index (χ1n) is 8.76. The number of primary amides is 1. The molecule has 2 aromatic rings. The zero-order valence-corrected chi connectivity index (χ0v) is 16.3. The summed E-state index contributed by atoms with van der Waals surface area (Å²) in [5.41, 5.74) is 7.07. The number of esters is 1. The molecule has 0 fully saturated rings. The lowest BCUT2D eigenvalue weighted by atomic mass is 10.0. The molecule has 4 N–H and O–H groups in total. The highest BCUT2D eigenvalue weighted by molar-refractivity contribution is 7.14. The molecule has 2 heterocycles. The standard InChI is InChI=1S/C19H19N3O6S/c1-10(18(26)22-19-13(17(20)25)6-7-29-19)28-16(24)9-27-12-3-4-14-11(8-12)2-5-15(23)21-14/h3-4,6-8,10H,2,5,9H2,1H3,(H2,20,25)(H,21,23)(H,22,26). The summed E-state index contributed by atoms with van der Waals surface area (Å²) in [5.74, 6) is -1.55. The smallest absolute Gasteiger partial charge is 0.344 e. The summed E-state index contributed by atoms with van der Waals surface area (Å²) in [6.07, 6.45) is -0.101. The zero-order chi connectivity index (χ0) is 21.0. The van der Waals surface area contributed by atoms with Crippen LogP contribution >= 0.6 is 11.3 Å². The van der Waals surface area contributed by atoms with Crippen molar-refractivity contribution in [3.05, 3.63) is 40.8 Å². The number of rotatable bonds is 7. The maximum atomic E-state index is 12.2. The number of nitrogens with one attached hydrogen (secondary N) is 2. The van der Waals surface area contributed by atoms with E-state index in [0.717, 1.165) is 22.6 Å². The molecule has 3 amide bonds. The van der Waals surface area contributed by atoms with Gasteiger partial charge in [0.05, 0.1) is 5.56 Å². The third kappa shape index (κ3) is 5.11. The molecule has 10 heteroatoms. The number of thiophene rings is 1. The van der Waals surface area contributed by atoms with Crippen LogP contribution in [-0.4, -0.2) is 36.4 Å². The molecule has 1 unspecified atom stereocenters. The molecule has 1 aromatic heterocycles. The summed E-state index contributed by atoms with van der Waals surface area (Å²) in [6.45, 7) is 1.03. The fourth-order valence-corrected chi connectivity index (χ4v) is 3.49. The van der Waals surface area contributed by atoms with Crippen molar-refractivity contribution in [1.29, 1.82) is 0 Å². The van der Waals surface area contributed by atoms with Crippen LogP contribution in [0.2, 0.25) is 0 Å². The van der Waals surface area contributed by atoms with Gasteiger partial charge in [0.15, 0.2) is 12.7 Å². The van der Waals surface area contributed by atoms with Crippen molar-refractivity contribution >= 4 is 45.7 Å².